The molecule has 0 aliphatic carbocycles. The van der Waals surface area contributed by atoms with Gasteiger partial charge in [0, 0.05) is 66.7 Å². The number of amides is 2. The van der Waals surface area contributed by atoms with Crippen molar-refractivity contribution in [3.05, 3.63) is 54.6 Å². The van der Waals surface area contributed by atoms with Gasteiger partial charge < -0.3 is 20.3 Å². The maximum atomic E-state index is 12.5. The normalized spacial score (nSPS) is 14.3. The molecule has 3 aromatic heterocycles. The number of ether oxygens (including phenoxy) is 1. The van der Waals surface area contributed by atoms with E-state index in [0.29, 0.717) is 43.5 Å². The first-order valence-electron chi connectivity index (χ1n) is 15.3. The van der Waals surface area contributed by atoms with Gasteiger partial charge in [0.1, 0.15) is 11.4 Å². The number of anilines is 1. The van der Waals surface area contributed by atoms with Gasteiger partial charge in [0.2, 0.25) is 11.9 Å². The topological polar surface area (TPSA) is 143 Å². The average molecular weight is 612 g/mol. The zero-order valence-corrected chi connectivity index (χ0v) is 26.8. The number of aromatic nitrogens is 5. The van der Waals surface area contributed by atoms with Crippen LogP contribution in [0.5, 0.6) is 0 Å². The third-order valence-electron chi connectivity index (χ3n) is 7.60. The second-order valence-electron chi connectivity index (χ2n) is 13.3. The maximum absolute atomic E-state index is 12.5. The summed E-state index contributed by atoms with van der Waals surface area (Å²) in [6, 6.07) is 9.75. The quantitative estimate of drug-likeness (QED) is 0.268. The molecule has 0 spiro atoms. The van der Waals surface area contributed by atoms with Crippen LogP contribution in [0.3, 0.4) is 0 Å². The second kappa shape index (κ2) is 12.6. The Bertz CT molecular complexity index is 1730. The Balaban J connectivity index is 1.36. The minimum absolute atomic E-state index is 0.0255. The number of carbonyl (C=O) groups excluding carboxylic acids is 2. The molecule has 0 radical (unpaired) electrons. The number of likely N-dealkylation sites (tertiary alicyclic amines) is 1. The molecule has 4 aromatic rings. The molecule has 12 heteroatoms. The summed E-state index contributed by atoms with van der Waals surface area (Å²) in [4.78, 5) is 36.3. The van der Waals surface area contributed by atoms with Crippen LogP contribution in [0.25, 0.3) is 28.0 Å². The van der Waals surface area contributed by atoms with Crippen LogP contribution in [0.15, 0.2) is 49.1 Å². The van der Waals surface area contributed by atoms with Crippen molar-refractivity contribution in [3.8, 4) is 23.1 Å². The molecule has 1 aromatic carbocycles. The van der Waals surface area contributed by atoms with E-state index in [-0.39, 0.29) is 18.0 Å². The lowest BCUT2D eigenvalue weighted by atomic mass is 9.96. The molecule has 0 unspecified atom stereocenters. The number of carbonyl (C=O) groups is 2. The van der Waals surface area contributed by atoms with Crippen LogP contribution < -0.4 is 10.6 Å². The van der Waals surface area contributed by atoms with Crippen LogP contribution >= 0.6 is 0 Å². The fraction of sp³-hybridized carbons (Fsp3) is 0.455. The van der Waals surface area contributed by atoms with Crippen LogP contribution in [-0.4, -0.2) is 73.0 Å². The van der Waals surface area contributed by atoms with Gasteiger partial charge in [-0.3, -0.25) is 14.0 Å². The van der Waals surface area contributed by atoms with E-state index in [1.54, 1.807) is 23.4 Å². The summed E-state index contributed by atoms with van der Waals surface area (Å²) in [5.41, 5.74) is 2.10. The Morgan fingerprint density at radius 1 is 1.07 bits per heavy atom. The highest BCUT2D eigenvalue weighted by atomic mass is 16.6. The molecular weight excluding hydrogens is 570 g/mol. The average Bonchev–Trinajstić information content (AvgIpc) is 3.65. The third kappa shape index (κ3) is 7.42. The molecule has 0 atom stereocenters. The number of hydrogen-bond acceptors (Lipinski definition) is 8. The van der Waals surface area contributed by atoms with Crippen LogP contribution in [-0.2, 0) is 9.53 Å². The van der Waals surface area contributed by atoms with Gasteiger partial charge in [-0.15, -0.1) is 0 Å². The van der Waals surface area contributed by atoms with Gasteiger partial charge >= 0.3 is 6.09 Å². The molecule has 2 N–H and O–H groups in total. The maximum Gasteiger partial charge on any atom is 0.410 e. The standard InChI is InChI=1S/C33H41N9O3/c1-32(2,3)29(43)36-13-12-35-28-26(20-37-30(39-28)41-16-9-23-17-22(18-34)7-8-27(23)41)24-19-38-42(21-24)25-10-14-40(15-11-25)31(44)45-33(4,5)6/h7-9,16-17,19-21,25H,10-15H2,1-6H3,(H,36,43)(H,35,37,39). The van der Waals surface area contributed by atoms with E-state index >= 15 is 0 Å². The highest BCUT2D eigenvalue weighted by molar-refractivity contribution is 5.83. The fourth-order valence-corrected chi connectivity index (χ4v) is 5.16. The van der Waals surface area contributed by atoms with Crippen molar-refractivity contribution in [1.29, 1.82) is 5.26 Å². The van der Waals surface area contributed by atoms with Gasteiger partial charge in [0.05, 0.1) is 29.4 Å². The van der Waals surface area contributed by atoms with Crippen molar-refractivity contribution in [2.45, 2.75) is 66.0 Å². The molecule has 4 heterocycles. The predicted octanol–water partition coefficient (Wildman–Crippen LogP) is 5.30. The van der Waals surface area contributed by atoms with Crippen molar-refractivity contribution in [2.24, 2.45) is 5.41 Å². The monoisotopic (exact) mass is 611 g/mol. The summed E-state index contributed by atoms with van der Waals surface area (Å²) in [6.45, 7) is 13.3. The smallest absolute Gasteiger partial charge is 0.410 e. The summed E-state index contributed by atoms with van der Waals surface area (Å²) in [6.07, 6.45) is 8.71. The number of nitriles is 1. The van der Waals surface area contributed by atoms with Gasteiger partial charge in [-0.25, -0.2) is 9.78 Å². The molecule has 5 rings (SSSR count). The summed E-state index contributed by atoms with van der Waals surface area (Å²) >= 11 is 0. The summed E-state index contributed by atoms with van der Waals surface area (Å²) in [5, 5.41) is 21.2. The first kappa shape index (κ1) is 31.5. The Morgan fingerprint density at radius 2 is 1.82 bits per heavy atom. The van der Waals surface area contributed by atoms with Crippen LogP contribution in [0, 0.1) is 16.7 Å². The molecule has 1 aliphatic rings. The molecule has 236 valence electrons. The van der Waals surface area contributed by atoms with Crippen molar-refractivity contribution in [3.63, 3.8) is 0 Å². The van der Waals surface area contributed by atoms with E-state index < -0.39 is 11.0 Å². The van der Waals surface area contributed by atoms with Gasteiger partial charge in [-0.2, -0.15) is 15.3 Å². The van der Waals surface area contributed by atoms with E-state index in [4.69, 9.17) is 14.7 Å². The van der Waals surface area contributed by atoms with Crippen LogP contribution in [0.2, 0.25) is 0 Å². The highest BCUT2D eigenvalue weighted by Gasteiger charge is 2.28. The van der Waals surface area contributed by atoms with Crippen molar-refractivity contribution in [2.75, 3.05) is 31.5 Å². The van der Waals surface area contributed by atoms with E-state index in [9.17, 15) is 14.9 Å². The minimum Gasteiger partial charge on any atom is -0.444 e. The first-order chi connectivity index (χ1) is 21.3. The Labute approximate surface area is 263 Å². The van der Waals surface area contributed by atoms with Crippen molar-refractivity contribution in [1.82, 2.24) is 34.5 Å². The number of hydrogen-bond donors (Lipinski definition) is 2. The number of nitrogens with zero attached hydrogens (tertiary/aromatic N) is 7. The highest BCUT2D eigenvalue weighted by Crippen LogP contribution is 2.30. The number of fused-ring (bicyclic) bond motifs is 1. The summed E-state index contributed by atoms with van der Waals surface area (Å²) in [5.74, 6) is 1.06. The van der Waals surface area contributed by atoms with E-state index in [1.807, 2.05) is 81.4 Å². The van der Waals surface area contributed by atoms with Gasteiger partial charge in [0.15, 0.2) is 0 Å². The van der Waals surface area contributed by atoms with Gasteiger partial charge in [0.25, 0.3) is 0 Å². The lowest BCUT2D eigenvalue weighted by Crippen LogP contribution is -2.42. The van der Waals surface area contributed by atoms with Crippen molar-refractivity contribution >= 4 is 28.7 Å². The molecule has 1 fully saturated rings. The van der Waals surface area contributed by atoms with E-state index in [2.05, 4.69) is 21.8 Å². The number of benzene rings is 1. The zero-order chi connectivity index (χ0) is 32.4. The predicted molar refractivity (Wildman–Crippen MR) is 172 cm³/mol. The van der Waals surface area contributed by atoms with Crippen molar-refractivity contribution < 1.29 is 14.3 Å². The molecule has 1 aliphatic heterocycles. The Kier molecular flexibility index (Phi) is 8.82. The SMILES string of the molecule is CC(C)(C)OC(=O)N1CCC(n2cc(-c3cnc(-n4ccc5cc(C#N)ccc54)nc3NCCNC(=O)C(C)(C)C)cn2)CC1. The molecular formula is C33H41N9O3. The molecule has 2 amide bonds. The Hall–Kier alpha value is -4.92. The van der Waals surface area contributed by atoms with Gasteiger partial charge in [-0.1, -0.05) is 20.8 Å². The zero-order valence-electron chi connectivity index (χ0n) is 26.8. The molecule has 45 heavy (non-hydrogen) atoms. The van der Waals surface area contributed by atoms with E-state index in [1.165, 1.54) is 0 Å². The fourth-order valence-electron chi connectivity index (χ4n) is 5.16. The number of nitrogens with one attached hydrogen (secondary N) is 2. The Morgan fingerprint density at radius 3 is 2.51 bits per heavy atom. The van der Waals surface area contributed by atoms with Gasteiger partial charge in [-0.05, 0) is 57.9 Å². The molecule has 1 saturated heterocycles. The van der Waals surface area contributed by atoms with Crippen LogP contribution in [0.4, 0.5) is 10.6 Å². The molecule has 0 bridgehead atoms. The van der Waals surface area contributed by atoms with Crippen LogP contribution in [0.1, 0.15) is 66.0 Å². The number of piperidine rings is 1. The minimum atomic E-state index is -0.526. The summed E-state index contributed by atoms with van der Waals surface area (Å²) < 4.78 is 9.38. The third-order valence-corrected chi connectivity index (χ3v) is 7.60. The molecule has 0 saturated carbocycles. The lowest BCUT2D eigenvalue weighted by Gasteiger charge is -2.33. The largest absolute Gasteiger partial charge is 0.444 e. The second-order valence-corrected chi connectivity index (χ2v) is 13.3. The summed E-state index contributed by atoms with van der Waals surface area (Å²) in [7, 11) is 0. The first-order valence-corrected chi connectivity index (χ1v) is 15.3. The molecule has 12 nitrogen and oxygen atoms in total. The number of rotatable bonds is 7. The van der Waals surface area contributed by atoms with E-state index in [0.717, 1.165) is 34.9 Å². The lowest BCUT2D eigenvalue weighted by molar-refractivity contribution is -0.128.